The van der Waals surface area contributed by atoms with Crippen molar-refractivity contribution in [3.8, 4) is 11.5 Å². The van der Waals surface area contributed by atoms with Crippen LogP contribution in [0.1, 0.15) is 11.1 Å². The highest BCUT2D eigenvalue weighted by Crippen LogP contribution is 2.36. The average Bonchev–Trinajstić information content (AvgIpc) is 2.69. The average molecular weight is 288 g/mol. The van der Waals surface area contributed by atoms with Crippen molar-refractivity contribution in [2.75, 3.05) is 5.32 Å². The van der Waals surface area contributed by atoms with Crippen molar-refractivity contribution in [2.45, 2.75) is 0 Å². The van der Waals surface area contributed by atoms with Gasteiger partial charge < -0.3 is 15.5 Å². The summed E-state index contributed by atoms with van der Waals surface area (Å²) in [5, 5.41) is 22.5. The van der Waals surface area contributed by atoms with Gasteiger partial charge in [0, 0.05) is 21.7 Å². The molecule has 100 valence electrons. The van der Waals surface area contributed by atoms with Gasteiger partial charge in [0.15, 0.2) is 0 Å². The van der Waals surface area contributed by atoms with Gasteiger partial charge in [0.1, 0.15) is 11.5 Å². The van der Waals surface area contributed by atoms with Crippen molar-refractivity contribution in [3.63, 3.8) is 0 Å². The fraction of sp³-hybridized carbons (Fsp3) is 0. The molecule has 2 aromatic rings. The van der Waals surface area contributed by atoms with Crippen molar-refractivity contribution >= 4 is 34.8 Å². The van der Waals surface area contributed by atoms with E-state index in [0.29, 0.717) is 27.4 Å². The lowest BCUT2D eigenvalue weighted by atomic mass is 10.0. The number of hydrogen-bond acceptors (Lipinski definition) is 3. The van der Waals surface area contributed by atoms with E-state index in [0.717, 1.165) is 0 Å². The lowest BCUT2D eigenvalue weighted by Crippen LogP contribution is -2.03. The molecule has 3 N–H and O–H groups in total. The summed E-state index contributed by atoms with van der Waals surface area (Å²) in [5.74, 6) is -0.264. The van der Waals surface area contributed by atoms with E-state index < -0.39 is 0 Å². The Kier molecular flexibility index (Phi) is 2.88. The second-order valence-corrected chi connectivity index (χ2v) is 4.88. The van der Waals surface area contributed by atoms with E-state index in [1.807, 2.05) is 0 Å². The van der Waals surface area contributed by atoms with Crippen LogP contribution in [0.3, 0.4) is 0 Å². The third-order valence-corrected chi connectivity index (χ3v) is 3.31. The number of rotatable bonds is 1. The summed E-state index contributed by atoms with van der Waals surface area (Å²) in [6.07, 6.45) is 1.53. The minimum Gasteiger partial charge on any atom is -0.508 e. The molecule has 1 aliphatic rings. The Hall–Kier alpha value is -2.46. The summed E-state index contributed by atoms with van der Waals surface area (Å²) >= 11 is 5.88. The first kappa shape index (κ1) is 12.6. The van der Waals surface area contributed by atoms with Gasteiger partial charge in [0.25, 0.3) is 5.91 Å². The molecule has 1 aliphatic heterocycles. The van der Waals surface area contributed by atoms with Crippen molar-refractivity contribution in [3.05, 3.63) is 52.5 Å². The highest BCUT2D eigenvalue weighted by molar-refractivity contribution is 6.36. The molecule has 0 unspecified atom stereocenters. The van der Waals surface area contributed by atoms with Gasteiger partial charge in [-0.05, 0) is 36.4 Å². The quantitative estimate of drug-likeness (QED) is 0.557. The van der Waals surface area contributed by atoms with E-state index in [-0.39, 0.29) is 17.4 Å². The van der Waals surface area contributed by atoms with Crippen LogP contribution < -0.4 is 5.32 Å². The zero-order chi connectivity index (χ0) is 14.3. The van der Waals surface area contributed by atoms with Crippen LogP contribution in [0, 0.1) is 0 Å². The molecule has 0 bridgehead atoms. The molecule has 0 spiro atoms. The van der Waals surface area contributed by atoms with Crippen LogP contribution in [0.4, 0.5) is 5.69 Å². The molecule has 0 aromatic heterocycles. The van der Waals surface area contributed by atoms with Gasteiger partial charge in [0.2, 0.25) is 0 Å². The number of nitrogens with one attached hydrogen (secondary N) is 1. The molecule has 0 atom stereocenters. The number of carbonyl (C=O) groups excluding carboxylic acids is 1. The number of benzene rings is 2. The van der Waals surface area contributed by atoms with Gasteiger partial charge in [-0.25, -0.2) is 0 Å². The summed E-state index contributed by atoms with van der Waals surface area (Å²) in [6, 6.07) is 9.23. The highest BCUT2D eigenvalue weighted by atomic mass is 35.5. The Bertz CT molecular complexity index is 753. The van der Waals surface area contributed by atoms with Crippen LogP contribution in [0.5, 0.6) is 11.5 Å². The smallest absolute Gasteiger partial charge is 0.256 e. The molecule has 0 saturated heterocycles. The molecule has 4 nitrogen and oxygen atoms in total. The maximum Gasteiger partial charge on any atom is 0.256 e. The molecule has 1 amide bonds. The highest BCUT2D eigenvalue weighted by Gasteiger charge is 2.24. The zero-order valence-electron chi connectivity index (χ0n) is 10.2. The van der Waals surface area contributed by atoms with E-state index in [9.17, 15) is 15.0 Å². The number of phenols is 2. The number of halogens is 1. The third kappa shape index (κ3) is 2.10. The van der Waals surface area contributed by atoms with Crippen LogP contribution in [0.25, 0.3) is 11.6 Å². The lowest BCUT2D eigenvalue weighted by Gasteiger charge is -2.02. The van der Waals surface area contributed by atoms with E-state index in [2.05, 4.69) is 5.32 Å². The van der Waals surface area contributed by atoms with Crippen LogP contribution >= 0.6 is 11.6 Å². The monoisotopic (exact) mass is 287 g/mol. The topological polar surface area (TPSA) is 69.6 Å². The van der Waals surface area contributed by atoms with Gasteiger partial charge >= 0.3 is 0 Å². The Balaban J connectivity index is 2.13. The Morgan fingerprint density at radius 1 is 1.10 bits per heavy atom. The Morgan fingerprint density at radius 3 is 2.70 bits per heavy atom. The first-order valence-corrected chi connectivity index (χ1v) is 6.27. The van der Waals surface area contributed by atoms with Crippen LogP contribution in [0.15, 0.2) is 36.4 Å². The summed E-state index contributed by atoms with van der Waals surface area (Å²) in [4.78, 5) is 12.0. The molecule has 5 heteroatoms. The maximum atomic E-state index is 12.0. The predicted molar refractivity (Wildman–Crippen MR) is 77.7 cm³/mol. The number of amides is 1. The van der Waals surface area contributed by atoms with Gasteiger partial charge in [-0.15, -0.1) is 0 Å². The SMILES string of the molecule is O=C1Nc2cc(Cl)ccc2/C1=C\c1cc(O)ccc1O. The summed E-state index contributed by atoms with van der Waals surface area (Å²) < 4.78 is 0. The second kappa shape index (κ2) is 4.58. The minimum absolute atomic E-state index is 0.00878. The third-order valence-electron chi connectivity index (χ3n) is 3.08. The Morgan fingerprint density at radius 2 is 1.90 bits per heavy atom. The molecular weight excluding hydrogens is 278 g/mol. The van der Waals surface area contributed by atoms with Crippen LogP contribution in [0.2, 0.25) is 5.02 Å². The minimum atomic E-state index is -0.273. The van der Waals surface area contributed by atoms with Crippen molar-refractivity contribution in [2.24, 2.45) is 0 Å². The summed E-state index contributed by atoms with van der Waals surface area (Å²) in [6.45, 7) is 0. The Labute approximate surface area is 119 Å². The first-order chi connectivity index (χ1) is 9.54. The molecular formula is C15H10ClNO3. The van der Waals surface area contributed by atoms with Crippen LogP contribution in [-0.2, 0) is 4.79 Å². The van der Waals surface area contributed by atoms with Crippen molar-refractivity contribution < 1.29 is 15.0 Å². The number of carbonyl (C=O) groups is 1. The maximum absolute atomic E-state index is 12.0. The first-order valence-electron chi connectivity index (χ1n) is 5.89. The molecule has 3 rings (SSSR count). The van der Waals surface area contributed by atoms with E-state index in [1.54, 1.807) is 18.2 Å². The number of aromatic hydroxyl groups is 2. The van der Waals surface area contributed by atoms with E-state index in [1.165, 1.54) is 24.3 Å². The standard InChI is InChI=1S/C15H10ClNO3/c16-9-1-3-11-12(15(20)17-13(11)7-9)6-8-5-10(18)2-4-14(8)19/h1-7,18-19H,(H,17,20)/b12-6+. The van der Waals surface area contributed by atoms with Gasteiger partial charge in [-0.2, -0.15) is 0 Å². The normalized spacial score (nSPS) is 15.2. The lowest BCUT2D eigenvalue weighted by molar-refractivity contribution is -0.110. The summed E-state index contributed by atoms with van der Waals surface area (Å²) in [5.41, 5.74) is 2.13. The van der Waals surface area contributed by atoms with Gasteiger partial charge in [0.05, 0.1) is 5.69 Å². The number of hydrogen-bond donors (Lipinski definition) is 3. The fourth-order valence-electron chi connectivity index (χ4n) is 2.12. The van der Waals surface area contributed by atoms with Gasteiger partial charge in [-0.3, -0.25) is 4.79 Å². The van der Waals surface area contributed by atoms with Gasteiger partial charge in [-0.1, -0.05) is 17.7 Å². The van der Waals surface area contributed by atoms with Crippen LogP contribution in [-0.4, -0.2) is 16.1 Å². The number of anilines is 1. The summed E-state index contributed by atoms with van der Waals surface area (Å²) in [7, 11) is 0. The second-order valence-electron chi connectivity index (χ2n) is 4.45. The van der Waals surface area contributed by atoms with E-state index in [4.69, 9.17) is 11.6 Å². The van der Waals surface area contributed by atoms with Crippen molar-refractivity contribution in [1.29, 1.82) is 0 Å². The number of fused-ring (bicyclic) bond motifs is 1. The predicted octanol–water partition coefficient (Wildman–Crippen LogP) is 3.24. The molecule has 0 radical (unpaired) electrons. The molecule has 1 heterocycles. The fourth-order valence-corrected chi connectivity index (χ4v) is 2.30. The largest absolute Gasteiger partial charge is 0.508 e. The molecule has 20 heavy (non-hydrogen) atoms. The number of phenolic OH excluding ortho intramolecular Hbond substituents is 2. The van der Waals surface area contributed by atoms with E-state index >= 15 is 0 Å². The molecule has 2 aromatic carbocycles. The molecule has 0 aliphatic carbocycles. The molecule has 0 fully saturated rings. The zero-order valence-corrected chi connectivity index (χ0v) is 11.0. The van der Waals surface area contributed by atoms with Crippen molar-refractivity contribution in [1.82, 2.24) is 0 Å². The molecule has 0 saturated carbocycles.